The minimum atomic E-state index is -0.104. The zero-order valence-electron chi connectivity index (χ0n) is 15.0. The lowest BCUT2D eigenvalue weighted by atomic mass is 10.2. The summed E-state index contributed by atoms with van der Waals surface area (Å²) in [4.78, 5) is 25.8. The molecule has 0 unspecified atom stereocenters. The molecule has 0 aliphatic carbocycles. The Labute approximate surface area is 148 Å². The molecule has 1 aliphatic rings. The Hall–Kier alpha value is -2.47. The third-order valence-corrected chi connectivity index (χ3v) is 4.25. The molecule has 2 heterocycles. The van der Waals surface area contributed by atoms with Crippen molar-refractivity contribution >= 4 is 17.4 Å². The van der Waals surface area contributed by atoms with Crippen LogP contribution in [0.1, 0.15) is 28.8 Å². The topological polar surface area (TPSA) is 58.6 Å². The molecule has 1 aliphatic heterocycles. The molecule has 1 aromatic heterocycles. The standard InChI is InChI=1S/C19H24N4O2/c1-4-23(16-7-5-6-14(2)12-16)19(24)17-13-18(21-15(3)20-17)22-8-10-25-11-9-22/h5-7,12-13H,4,8-11H2,1-3H3. The molecule has 6 nitrogen and oxygen atoms in total. The molecule has 1 saturated heterocycles. The summed E-state index contributed by atoms with van der Waals surface area (Å²) < 4.78 is 5.39. The summed E-state index contributed by atoms with van der Waals surface area (Å²) in [6.07, 6.45) is 0. The molecule has 1 fully saturated rings. The fourth-order valence-electron chi connectivity index (χ4n) is 2.99. The number of aromatic nitrogens is 2. The normalized spacial score (nSPS) is 14.4. The first kappa shape index (κ1) is 17.4. The van der Waals surface area contributed by atoms with E-state index in [9.17, 15) is 4.79 Å². The second kappa shape index (κ2) is 7.61. The maximum absolute atomic E-state index is 13.1. The Kier molecular flexibility index (Phi) is 5.28. The number of hydrogen-bond acceptors (Lipinski definition) is 5. The summed E-state index contributed by atoms with van der Waals surface area (Å²) in [5, 5.41) is 0. The first-order chi connectivity index (χ1) is 12.1. The van der Waals surface area contributed by atoms with Gasteiger partial charge in [0.1, 0.15) is 17.3 Å². The lowest BCUT2D eigenvalue weighted by Crippen LogP contribution is -2.37. The van der Waals surface area contributed by atoms with Crippen molar-refractivity contribution in [1.82, 2.24) is 9.97 Å². The molecule has 6 heteroatoms. The molecule has 0 radical (unpaired) electrons. The van der Waals surface area contributed by atoms with Crippen LogP contribution in [-0.2, 0) is 4.74 Å². The lowest BCUT2D eigenvalue weighted by molar-refractivity contribution is 0.0983. The first-order valence-corrected chi connectivity index (χ1v) is 8.65. The van der Waals surface area contributed by atoms with Gasteiger partial charge in [0.2, 0.25) is 0 Å². The van der Waals surface area contributed by atoms with Crippen molar-refractivity contribution < 1.29 is 9.53 Å². The molecule has 0 spiro atoms. The molecule has 132 valence electrons. The van der Waals surface area contributed by atoms with Gasteiger partial charge in [-0.25, -0.2) is 9.97 Å². The Morgan fingerprint density at radius 1 is 1.20 bits per heavy atom. The quantitative estimate of drug-likeness (QED) is 0.856. The minimum Gasteiger partial charge on any atom is -0.378 e. The van der Waals surface area contributed by atoms with Crippen LogP contribution in [0.5, 0.6) is 0 Å². The summed E-state index contributed by atoms with van der Waals surface area (Å²) >= 11 is 0. The highest BCUT2D eigenvalue weighted by atomic mass is 16.5. The van der Waals surface area contributed by atoms with Crippen molar-refractivity contribution in [1.29, 1.82) is 0 Å². The molecule has 0 saturated carbocycles. The van der Waals surface area contributed by atoms with Gasteiger partial charge in [-0.15, -0.1) is 0 Å². The smallest absolute Gasteiger partial charge is 0.277 e. The van der Waals surface area contributed by atoms with Gasteiger partial charge in [-0.2, -0.15) is 0 Å². The van der Waals surface area contributed by atoms with Crippen molar-refractivity contribution in [3.63, 3.8) is 0 Å². The molecular weight excluding hydrogens is 316 g/mol. The zero-order valence-corrected chi connectivity index (χ0v) is 15.0. The fourth-order valence-corrected chi connectivity index (χ4v) is 2.99. The molecule has 0 N–H and O–H groups in total. The second-order valence-corrected chi connectivity index (χ2v) is 6.15. The van der Waals surface area contributed by atoms with Gasteiger partial charge in [0.25, 0.3) is 5.91 Å². The highest BCUT2D eigenvalue weighted by molar-refractivity contribution is 6.05. The van der Waals surface area contributed by atoms with E-state index in [2.05, 4.69) is 14.9 Å². The van der Waals surface area contributed by atoms with Crippen LogP contribution in [0.3, 0.4) is 0 Å². The molecule has 1 aromatic carbocycles. The third kappa shape index (κ3) is 3.96. The number of benzene rings is 1. The largest absolute Gasteiger partial charge is 0.378 e. The number of hydrogen-bond donors (Lipinski definition) is 0. The Bertz CT molecular complexity index is 757. The van der Waals surface area contributed by atoms with Gasteiger partial charge in [-0.05, 0) is 38.5 Å². The van der Waals surface area contributed by atoms with Gasteiger partial charge in [0.05, 0.1) is 13.2 Å². The van der Waals surface area contributed by atoms with E-state index in [0.29, 0.717) is 31.3 Å². The number of amides is 1. The first-order valence-electron chi connectivity index (χ1n) is 8.65. The van der Waals surface area contributed by atoms with Crippen LogP contribution in [0.4, 0.5) is 11.5 Å². The van der Waals surface area contributed by atoms with E-state index >= 15 is 0 Å². The van der Waals surface area contributed by atoms with E-state index in [1.165, 1.54) is 0 Å². The van der Waals surface area contributed by atoms with Crippen LogP contribution in [0.25, 0.3) is 0 Å². The average Bonchev–Trinajstić information content (AvgIpc) is 2.62. The highest BCUT2D eigenvalue weighted by Gasteiger charge is 2.21. The van der Waals surface area contributed by atoms with Crippen molar-refractivity contribution in [2.75, 3.05) is 42.6 Å². The number of carbonyl (C=O) groups is 1. The summed E-state index contributed by atoms with van der Waals surface area (Å²) in [5.41, 5.74) is 2.44. The van der Waals surface area contributed by atoms with Crippen molar-refractivity contribution in [3.8, 4) is 0 Å². The molecular formula is C19H24N4O2. The van der Waals surface area contributed by atoms with E-state index in [-0.39, 0.29) is 5.91 Å². The van der Waals surface area contributed by atoms with Gasteiger partial charge in [0, 0.05) is 31.4 Å². The number of nitrogens with zero attached hydrogens (tertiary/aromatic N) is 4. The lowest BCUT2D eigenvalue weighted by Gasteiger charge is -2.28. The monoisotopic (exact) mass is 340 g/mol. The van der Waals surface area contributed by atoms with Gasteiger partial charge >= 0.3 is 0 Å². The molecule has 2 aromatic rings. The van der Waals surface area contributed by atoms with Crippen LogP contribution < -0.4 is 9.80 Å². The fraction of sp³-hybridized carbons (Fsp3) is 0.421. The van der Waals surface area contributed by atoms with E-state index in [4.69, 9.17) is 4.74 Å². The predicted molar refractivity (Wildman–Crippen MR) is 98.3 cm³/mol. The predicted octanol–water partition coefficient (Wildman–Crippen LogP) is 2.60. The molecule has 0 bridgehead atoms. The van der Waals surface area contributed by atoms with E-state index in [0.717, 1.165) is 30.2 Å². The van der Waals surface area contributed by atoms with Crippen LogP contribution in [-0.4, -0.2) is 48.7 Å². The second-order valence-electron chi connectivity index (χ2n) is 6.15. The molecule has 3 rings (SSSR count). The van der Waals surface area contributed by atoms with Crippen LogP contribution in [0, 0.1) is 13.8 Å². The van der Waals surface area contributed by atoms with Gasteiger partial charge in [-0.3, -0.25) is 4.79 Å². The van der Waals surface area contributed by atoms with Gasteiger partial charge < -0.3 is 14.5 Å². The number of rotatable bonds is 4. The number of carbonyl (C=O) groups excluding carboxylic acids is 1. The maximum Gasteiger partial charge on any atom is 0.277 e. The number of aryl methyl sites for hydroxylation is 2. The summed E-state index contributed by atoms with van der Waals surface area (Å²) in [6, 6.07) is 9.74. The van der Waals surface area contributed by atoms with Crippen molar-refractivity contribution in [2.45, 2.75) is 20.8 Å². The maximum atomic E-state index is 13.1. The highest BCUT2D eigenvalue weighted by Crippen LogP contribution is 2.20. The zero-order chi connectivity index (χ0) is 17.8. The van der Waals surface area contributed by atoms with Gasteiger partial charge in [-0.1, -0.05) is 12.1 Å². The van der Waals surface area contributed by atoms with Crippen molar-refractivity contribution in [3.05, 3.63) is 47.4 Å². The SMILES string of the molecule is CCN(C(=O)c1cc(N2CCOCC2)nc(C)n1)c1cccc(C)c1. The Morgan fingerprint density at radius 2 is 1.96 bits per heavy atom. The Balaban J connectivity index is 1.91. The average molecular weight is 340 g/mol. The van der Waals surface area contributed by atoms with E-state index in [1.54, 1.807) is 11.0 Å². The number of morpholine rings is 1. The minimum absolute atomic E-state index is 0.104. The van der Waals surface area contributed by atoms with Crippen LogP contribution in [0.15, 0.2) is 30.3 Å². The van der Waals surface area contributed by atoms with Gasteiger partial charge in [0.15, 0.2) is 0 Å². The Morgan fingerprint density at radius 3 is 2.64 bits per heavy atom. The summed E-state index contributed by atoms with van der Waals surface area (Å²) in [7, 11) is 0. The summed E-state index contributed by atoms with van der Waals surface area (Å²) in [6.45, 7) is 9.30. The molecule has 1 amide bonds. The van der Waals surface area contributed by atoms with Crippen LogP contribution in [0.2, 0.25) is 0 Å². The van der Waals surface area contributed by atoms with E-state index < -0.39 is 0 Å². The third-order valence-electron chi connectivity index (χ3n) is 4.25. The summed E-state index contributed by atoms with van der Waals surface area (Å²) in [5.74, 6) is 1.29. The number of anilines is 2. The number of ether oxygens (including phenoxy) is 1. The van der Waals surface area contributed by atoms with Crippen LogP contribution >= 0.6 is 0 Å². The van der Waals surface area contributed by atoms with Crippen molar-refractivity contribution in [2.24, 2.45) is 0 Å². The van der Waals surface area contributed by atoms with E-state index in [1.807, 2.05) is 45.0 Å². The molecule has 0 atom stereocenters. The molecule has 25 heavy (non-hydrogen) atoms.